The first-order valence-electron chi connectivity index (χ1n) is 7.67. The molecule has 3 aromatic carbocycles. The average Bonchev–Trinajstić information content (AvgIpc) is 2.60. The second-order valence-corrected chi connectivity index (χ2v) is 5.36. The highest BCUT2D eigenvalue weighted by atomic mass is 16.5. The lowest BCUT2D eigenvalue weighted by Gasteiger charge is -2.09. The maximum atomic E-state index is 12.1. The molecule has 3 rings (SSSR count). The Morgan fingerprint density at radius 1 is 0.833 bits per heavy atom. The largest absolute Gasteiger partial charge is 0.457 e. The molecule has 0 aromatic heterocycles. The topological polar surface area (TPSA) is 64.4 Å². The molecule has 1 amide bonds. The highest BCUT2D eigenvalue weighted by Crippen LogP contribution is 2.22. The lowest BCUT2D eigenvalue weighted by Crippen LogP contribution is -2.15. The molecule has 0 aliphatic carbocycles. The van der Waals surface area contributed by atoms with E-state index in [9.17, 15) is 4.79 Å². The van der Waals surface area contributed by atoms with Crippen molar-refractivity contribution in [2.24, 2.45) is 0 Å². The molecule has 3 N–H and O–H groups in total. The van der Waals surface area contributed by atoms with E-state index < -0.39 is 0 Å². The Kier molecular flexibility index (Phi) is 4.77. The zero-order valence-corrected chi connectivity index (χ0v) is 13.1. The number of nitrogen functional groups attached to an aromatic ring is 1. The fraction of sp³-hybridized carbons (Fsp3) is 0.0500. The number of carbonyl (C=O) groups is 1. The third kappa shape index (κ3) is 4.14. The second-order valence-electron chi connectivity index (χ2n) is 5.36. The molecule has 0 spiro atoms. The van der Waals surface area contributed by atoms with Gasteiger partial charge in [-0.25, -0.2) is 0 Å². The molecular formula is C20H18N2O2. The minimum absolute atomic E-state index is 0.107. The number of anilines is 2. The molecule has 0 unspecified atom stereocenters. The van der Waals surface area contributed by atoms with E-state index in [4.69, 9.17) is 10.5 Å². The van der Waals surface area contributed by atoms with E-state index in [1.165, 1.54) is 0 Å². The summed E-state index contributed by atoms with van der Waals surface area (Å²) in [5.41, 5.74) is 8.02. The molecule has 4 nitrogen and oxygen atoms in total. The van der Waals surface area contributed by atoms with Gasteiger partial charge in [0.15, 0.2) is 0 Å². The number of hydrogen-bond donors (Lipinski definition) is 2. The number of amides is 1. The SMILES string of the molecule is Nc1ccccc1CC(=O)Nc1ccc(Oc2ccccc2)cc1. The summed E-state index contributed by atoms with van der Waals surface area (Å²) < 4.78 is 5.72. The Morgan fingerprint density at radius 2 is 1.46 bits per heavy atom. The van der Waals surface area contributed by atoms with Gasteiger partial charge in [-0.2, -0.15) is 0 Å². The third-order valence-corrected chi connectivity index (χ3v) is 3.52. The van der Waals surface area contributed by atoms with Crippen LogP contribution in [-0.2, 0) is 11.2 Å². The van der Waals surface area contributed by atoms with Crippen LogP contribution in [0.1, 0.15) is 5.56 Å². The first kappa shape index (κ1) is 15.6. The fourth-order valence-corrected chi connectivity index (χ4v) is 2.30. The van der Waals surface area contributed by atoms with Crippen molar-refractivity contribution in [3.05, 3.63) is 84.4 Å². The van der Waals surface area contributed by atoms with Gasteiger partial charge in [0.25, 0.3) is 0 Å². The quantitative estimate of drug-likeness (QED) is 0.691. The number of nitrogens with two attached hydrogens (primary N) is 1. The van der Waals surface area contributed by atoms with Gasteiger partial charge in [-0.1, -0.05) is 36.4 Å². The summed E-state index contributed by atoms with van der Waals surface area (Å²) in [5.74, 6) is 1.38. The van der Waals surface area contributed by atoms with Crippen LogP contribution in [0.2, 0.25) is 0 Å². The minimum Gasteiger partial charge on any atom is -0.457 e. The number of nitrogens with one attached hydrogen (secondary N) is 1. The Balaban J connectivity index is 1.60. The van der Waals surface area contributed by atoms with E-state index >= 15 is 0 Å². The molecule has 0 atom stereocenters. The Labute approximate surface area is 140 Å². The van der Waals surface area contributed by atoms with Crippen molar-refractivity contribution in [3.8, 4) is 11.5 Å². The molecule has 0 radical (unpaired) electrons. The molecule has 0 aliphatic heterocycles. The number of ether oxygens (including phenoxy) is 1. The Hall–Kier alpha value is -3.27. The lowest BCUT2D eigenvalue weighted by atomic mass is 10.1. The van der Waals surface area contributed by atoms with Gasteiger partial charge in [-0.05, 0) is 48.0 Å². The van der Waals surface area contributed by atoms with Crippen LogP contribution in [-0.4, -0.2) is 5.91 Å². The van der Waals surface area contributed by atoms with Gasteiger partial charge in [-0.15, -0.1) is 0 Å². The number of para-hydroxylation sites is 2. The molecule has 0 heterocycles. The molecule has 3 aromatic rings. The molecule has 0 saturated heterocycles. The Bertz CT molecular complexity index is 815. The molecular weight excluding hydrogens is 300 g/mol. The van der Waals surface area contributed by atoms with Crippen LogP contribution in [0.15, 0.2) is 78.9 Å². The van der Waals surface area contributed by atoms with Crippen molar-refractivity contribution >= 4 is 17.3 Å². The van der Waals surface area contributed by atoms with Crippen molar-refractivity contribution in [2.75, 3.05) is 11.1 Å². The molecule has 0 saturated carbocycles. The molecule has 4 heteroatoms. The number of benzene rings is 3. The minimum atomic E-state index is -0.107. The second kappa shape index (κ2) is 7.33. The van der Waals surface area contributed by atoms with Crippen molar-refractivity contribution in [2.45, 2.75) is 6.42 Å². The number of carbonyl (C=O) groups excluding carboxylic acids is 1. The molecule has 0 fully saturated rings. The van der Waals surface area contributed by atoms with Crippen molar-refractivity contribution in [1.29, 1.82) is 0 Å². The van der Waals surface area contributed by atoms with Gasteiger partial charge < -0.3 is 15.8 Å². The van der Waals surface area contributed by atoms with Crippen molar-refractivity contribution in [1.82, 2.24) is 0 Å². The van der Waals surface area contributed by atoms with E-state index in [2.05, 4.69) is 5.32 Å². The zero-order valence-electron chi connectivity index (χ0n) is 13.1. The summed E-state index contributed by atoms with van der Waals surface area (Å²) in [5, 5.41) is 2.86. The first-order valence-corrected chi connectivity index (χ1v) is 7.67. The maximum absolute atomic E-state index is 12.1. The standard InChI is InChI=1S/C20H18N2O2/c21-19-9-5-4-6-15(19)14-20(23)22-16-10-12-18(13-11-16)24-17-7-2-1-3-8-17/h1-13H,14,21H2,(H,22,23). The summed E-state index contributed by atoms with van der Waals surface area (Å²) in [6.45, 7) is 0. The van der Waals surface area contributed by atoms with E-state index in [1.54, 1.807) is 6.07 Å². The highest BCUT2D eigenvalue weighted by molar-refractivity contribution is 5.93. The van der Waals surface area contributed by atoms with Gasteiger partial charge in [0.2, 0.25) is 5.91 Å². The van der Waals surface area contributed by atoms with E-state index in [1.807, 2.05) is 72.8 Å². The summed E-state index contributed by atoms with van der Waals surface area (Å²) >= 11 is 0. The normalized spacial score (nSPS) is 10.2. The van der Waals surface area contributed by atoms with Gasteiger partial charge in [0.1, 0.15) is 11.5 Å². The van der Waals surface area contributed by atoms with Crippen LogP contribution in [0.25, 0.3) is 0 Å². The zero-order chi connectivity index (χ0) is 16.8. The summed E-state index contributed by atoms with van der Waals surface area (Å²) in [6, 6.07) is 24.2. The van der Waals surface area contributed by atoms with Gasteiger partial charge >= 0.3 is 0 Å². The summed E-state index contributed by atoms with van der Waals surface area (Å²) in [6.07, 6.45) is 0.245. The van der Waals surface area contributed by atoms with Gasteiger partial charge in [0, 0.05) is 11.4 Å². The monoisotopic (exact) mass is 318 g/mol. The smallest absolute Gasteiger partial charge is 0.228 e. The Morgan fingerprint density at radius 3 is 2.17 bits per heavy atom. The van der Waals surface area contributed by atoms with Crippen LogP contribution in [0.3, 0.4) is 0 Å². The predicted octanol–water partition coefficient (Wildman–Crippen LogP) is 4.24. The molecule has 0 aliphatic rings. The molecule has 0 bridgehead atoms. The highest BCUT2D eigenvalue weighted by Gasteiger charge is 2.07. The van der Waals surface area contributed by atoms with E-state index in [-0.39, 0.29) is 12.3 Å². The van der Waals surface area contributed by atoms with Crippen LogP contribution >= 0.6 is 0 Å². The van der Waals surface area contributed by atoms with Crippen LogP contribution in [0.4, 0.5) is 11.4 Å². The van der Waals surface area contributed by atoms with Gasteiger partial charge in [0.05, 0.1) is 6.42 Å². The fourth-order valence-electron chi connectivity index (χ4n) is 2.30. The summed E-state index contributed by atoms with van der Waals surface area (Å²) in [7, 11) is 0. The van der Waals surface area contributed by atoms with Crippen LogP contribution < -0.4 is 15.8 Å². The van der Waals surface area contributed by atoms with Gasteiger partial charge in [-0.3, -0.25) is 4.79 Å². The summed E-state index contributed by atoms with van der Waals surface area (Å²) in [4.78, 5) is 12.1. The number of hydrogen-bond acceptors (Lipinski definition) is 3. The molecule has 120 valence electrons. The maximum Gasteiger partial charge on any atom is 0.228 e. The van der Waals surface area contributed by atoms with E-state index in [0.717, 1.165) is 17.0 Å². The van der Waals surface area contributed by atoms with Crippen LogP contribution in [0, 0.1) is 0 Å². The van der Waals surface area contributed by atoms with Crippen molar-refractivity contribution in [3.63, 3.8) is 0 Å². The molecule has 24 heavy (non-hydrogen) atoms. The number of rotatable bonds is 5. The average molecular weight is 318 g/mol. The lowest BCUT2D eigenvalue weighted by molar-refractivity contribution is -0.115. The van der Waals surface area contributed by atoms with Crippen LogP contribution in [0.5, 0.6) is 11.5 Å². The van der Waals surface area contributed by atoms with Crippen molar-refractivity contribution < 1.29 is 9.53 Å². The first-order chi connectivity index (χ1) is 11.7. The third-order valence-electron chi connectivity index (χ3n) is 3.52. The van der Waals surface area contributed by atoms with E-state index in [0.29, 0.717) is 11.4 Å². The predicted molar refractivity (Wildman–Crippen MR) is 96.1 cm³/mol.